The first kappa shape index (κ1) is 15.4. The van der Waals surface area contributed by atoms with Gasteiger partial charge in [-0.25, -0.2) is 0 Å². The number of nitrogens with zero attached hydrogens (tertiary/aromatic N) is 1. The van der Waals surface area contributed by atoms with Gasteiger partial charge in [0.25, 0.3) is 5.92 Å². The summed E-state index contributed by atoms with van der Waals surface area (Å²) in [6, 6.07) is 7.78. The number of benzene rings is 1. The number of aliphatic hydroxyl groups is 1. The summed E-state index contributed by atoms with van der Waals surface area (Å²) < 4.78 is 33.5. The predicted octanol–water partition coefficient (Wildman–Crippen LogP) is 2.25. The third kappa shape index (κ3) is 3.98. The van der Waals surface area contributed by atoms with Gasteiger partial charge in [0.2, 0.25) is 0 Å². The zero-order valence-electron chi connectivity index (χ0n) is 11.7. The molecule has 0 aromatic heterocycles. The van der Waals surface area contributed by atoms with Crippen LogP contribution in [-0.2, 0) is 10.7 Å². The highest BCUT2D eigenvalue weighted by atomic mass is 19.3. The van der Waals surface area contributed by atoms with Gasteiger partial charge >= 0.3 is 0 Å². The van der Waals surface area contributed by atoms with Crippen LogP contribution in [0.1, 0.15) is 18.4 Å². The zero-order chi connectivity index (χ0) is 14.6. The van der Waals surface area contributed by atoms with Crippen LogP contribution in [0.5, 0.6) is 0 Å². The van der Waals surface area contributed by atoms with E-state index in [0.717, 1.165) is 0 Å². The Hall–Kier alpha value is -1.04. The number of rotatable bonds is 5. The van der Waals surface area contributed by atoms with Crippen molar-refractivity contribution in [2.45, 2.75) is 24.4 Å². The molecule has 2 rings (SSSR count). The minimum atomic E-state index is -2.92. The van der Waals surface area contributed by atoms with Crippen molar-refractivity contribution in [2.75, 3.05) is 33.4 Å². The van der Waals surface area contributed by atoms with Crippen LogP contribution in [0.2, 0.25) is 0 Å². The van der Waals surface area contributed by atoms with Gasteiger partial charge in [0, 0.05) is 38.2 Å². The molecule has 20 heavy (non-hydrogen) atoms. The highest BCUT2D eigenvalue weighted by Crippen LogP contribution is 2.29. The van der Waals surface area contributed by atoms with Crippen LogP contribution in [0.25, 0.3) is 0 Å². The molecule has 1 aromatic rings. The maximum absolute atomic E-state index is 14.1. The molecule has 1 fully saturated rings. The molecule has 1 heterocycles. The number of hydrogen-bond donors (Lipinski definition) is 1. The summed E-state index contributed by atoms with van der Waals surface area (Å²) in [4.78, 5) is 1.50. The fourth-order valence-electron chi connectivity index (χ4n) is 2.58. The van der Waals surface area contributed by atoms with E-state index < -0.39 is 18.1 Å². The van der Waals surface area contributed by atoms with Crippen LogP contribution < -0.4 is 0 Å². The van der Waals surface area contributed by atoms with E-state index in [2.05, 4.69) is 0 Å². The highest BCUT2D eigenvalue weighted by Gasteiger charge is 2.36. The lowest BCUT2D eigenvalue weighted by Gasteiger charge is -2.36. The third-order valence-corrected chi connectivity index (χ3v) is 3.65. The van der Waals surface area contributed by atoms with Crippen LogP contribution in [0.15, 0.2) is 30.3 Å². The predicted molar refractivity (Wildman–Crippen MR) is 72.8 cm³/mol. The smallest absolute Gasteiger partial charge is 0.285 e. The monoisotopic (exact) mass is 285 g/mol. The van der Waals surface area contributed by atoms with Crippen LogP contribution in [0, 0.1) is 0 Å². The number of ether oxygens (including phenoxy) is 1. The average molecular weight is 285 g/mol. The summed E-state index contributed by atoms with van der Waals surface area (Å²) in [6.07, 6.45) is 0.989. The summed E-state index contributed by atoms with van der Waals surface area (Å²) in [5.41, 5.74) is -0.912. The molecule has 1 N–H and O–H groups in total. The Morgan fingerprint density at radius 2 is 1.85 bits per heavy atom. The molecule has 1 aliphatic rings. The van der Waals surface area contributed by atoms with E-state index in [9.17, 15) is 13.9 Å². The van der Waals surface area contributed by atoms with Gasteiger partial charge in [0.1, 0.15) is 0 Å². The summed E-state index contributed by atoms with van der Waals surface area (Å²) in [7, 11) is 1.62. The molecule has 1 aliphatic heterocycles. The topological polar surface area (TPSA) is 32.7 Å². The van der Waals surface area contributed by atoms with Gasteiger partial charge in [0.15, 0.2) is 0 Å². The van der Waals surface area contributed by atoms with Gasteiger partial charge in [-0.15, -0.1) is 0 Å². The van der Waals surface area contributed by atoms with Crippen LogP contribution in [-0.4, -0.2) is 49.0 Å². The second-order valence-corrected chi connectivity index (χ2v) is 5.58. The standard InChI is InChI=1S/C15H21F2NO2/c1-18(11-14(19)7-9-20-10-8-14)12-15(16,17)13-5-3-2-4-6-13/h2-6,19H,7-12H2,1H3. The second kappa shape index (κ2) is 6.16. The number of alkyl halides is 2. The summed E-state index contributed by atoms with van der Waals surface area (Å²) in [5.74, 6) is -2.92. The highest BCUT2D eigenvalue weighted by molar-refractivity contribution is 5.20. The second-order valence-electron chi connectivity index (χ2n) is 5.58. The van der Waals surface area contributed by atoms with E-state index in [4.69, 9.17) is 4.74 Å². The van der Waals surface area contributed by atoms with Crippen molar-refractivity contribution in [3.63, 3.8) is 0 Å². The largest absolute Gasteiger partial charge is 0.388 e. The normalized spacial score (nSPS) is 19.2. The fraction of sp³-hybridized carbons (Fsp3) is 0.600. The molecular weight excluding hydrogens is 264 g/mol. The van der Waals surface area contributed by atoms with Crippen molar-refractivity contribution < 1.29 is 18.6 Å². The molecule has 112 valence electrons. The average Bonchev–Trinajstić information content (AvgIpc) is 2.39. The maximum Gasteiger partial charge on any atom is 0.285 e. The Morgan fingerprint density at radius 3 is 2.45 bits per heavy atom. The van der Waals surface area contributed by atoms with Gasteiger partial charge < -0.3 is 9.84 Å². The molecule has 0 amide bonds. The van der Waals surface area contributed by atoms with Crippen LogP contribution >= 0.6 is 0 Å². The summed E-state index contributed by atoms with van der Waals surface area (Å²) in [6.45, 7) is 0.803. The maximum atomic E-state index is 14.1. The number of hydrogen-bond acceptors (Lipinski definition) is 3. The summed E-state index contributed by atoms with van der Waals surface area (Å²) in [5, 5.41) is 10.3. The van der Waals surface area contributed by atoms with E-state index in [0.29, 0.717) is 26.1 Å². The third-order valence-electron chi connectivity index (χ3n) is 3.65. The first-order chi connectivity index (χ1) is 9.41. The van der Waals surface area contributed by atoms with Gasteiger partial charge in [-0.05, 0) is 7.05 Å². The molecule has 3 nitrogen and oxygen atoms in total. The van der Waals surface area contributed by atoms with Gasteiger partial charge in [0.05, 0.1) is 12.1 Å². The van der Waals surface area contributed by atoms with E-state index in [1.54, 1.807) is 25.2 Å². The van der Waals surface area contributed by atoms with E-state index >= 15 is 0 Å². The van der Waals surface area contributed by atoms with E-state index in [-0.39, 0.29) is 12.1 Å². The van der Waals surface area contributed by atoms with Crippen molar-refractivity contribution in [3.05, 3.63) is 35.9 Å². The van der Waals surface area contributed by atoms with Crippen molar-refractivity contribution in [1.29, 1.82) is 0 Å². The molecule has 0 atom stereocenters. The molecule has 0 bridgehead atoms. The quantitative estimate of drug-likeness (QED) is 0.900. The number of halogens is 2. The Bertz CT molecular complexity index is 419. The van der Waals surface area contributed by atoms with Gasteiger partial charge in [-0.1, -0.05) is 30.3 Å². The molecule has 0 radical (unpaired) electrons. The fourth-order valence-corrected chi connectivity index (χ4v) is 2.58. The van der Waals surface area contributed by atoms with Gasteiger partial charge in [-0.2, -0.15) is 8.78 Å². The lowest BCUT2D eigenvalue weighted by Crippen LogP contribution is -2.47. The minimum Gasteiger partial charge on any atom is -0.388 e. The minimum absolute atomic E-state index is 0.00539. The van der Waals surface area contributed by atoms with E-state index in [1.807, 2.05) is 0 Å². The zero-order valence-corrected chi connectivity index (χ0v) is 11.7. The Morgan fingerprint density at radius 1 is 1.25 bits per heavy atom. The molecule has 0 spiro atoms. The Kier molecular flexibility index (Phi) is 4.73. The Balaban J connectivity index is 1.95. The Labute approximate surface area is 118 Å². The van der Waals surface area contributed by atoms with Crippen molar-refractivity contribution >= 4 is 0 Å². The molecule has 0 unspecified atom stereocenters. The summed E-state index contributed by atoms with van der Waals surface area (Å²) >= 11 is 0. The first-order valence-corrected chi connectivity index (χ1v) is 6.83. The first-order valence-electron chi connectivity index (χ1n) is 6.83. The molecule has 1 saturated heterocycles. The van der Waals surface area contributed by atoms with Crippen molar-refractivity contribution in [3.8, 4) is 0 Å². The van der Waals surface area contributed by atoms with Crippen molar-refractivity contribution in [2.24, 2.45) is 0 Å². The van der Waals surface area contributed by atoms with E-state index in [1.165, 1.54) is 17.0 Å². The van der Waals surface area contributed by atoms with Crippen LogP contribution in [0.3, 0.4) is 0 Å². The SMILES string of the molecule is CN(CC1(O)CCOCC1)CC(F)(F)c1ccccc1. The van der Waals surface area contributed by atoms with Crippen molar-refractivity contribution in [1.82, 2.24) is 4.90 Å². The van der Waals surface area contributed by atoms with Gasteiger partial charge in [-0.3, -0.25) is 4.90 Å². The lowest BCUT2D eigenvalue weighted by atomic mass is 9.93. The molecule has 1 aromatic carbocycles. The number of likely N-dealkylation sites (N-methyl/N-ethyl adjacent to an activating group) is 1. The molecular formula is C15H21F2NO2. The molecule has 0 saturated carbocycles. The lowest BCUT2D eigenvalue weighted by molar-refractivity contribution is -0.0940. The van der Waals surface area contributed by atoms with Crippen LogP contribution in [0.4, 0.5) is 8.78 Å². The molecule has 5 heteroatoms. The molecule has 0 aliphatic carbocycles.